The van der Waals surface area contributed by atoms with Gasteiger partial charge in [0.1, 0.15) is 11.9 Å². The second-order valence-electron chi connectivity index (χ2n) is 13.3. The highest BCUT2D eigenvalue weighted by Gasteiger charge is 2.36. The van der Waals surface area contributed by atoms with Crippen LogP contribution in [0.2, 0.25) is 0 Å². The smallest absolute Gasteiger partial charge is 0.141 e. The van der Waals surface area contributed by atoms with Crippen LogP contribution < -0.4 is 5.32 Å². The molecule has 10 aromatic rings. The molecule has 0 amide bonds. The van der Waals surface area contributed by atoms with E-state index in [0.29, 0.717) is 0 Å². The highest BCUT2D eigenvalue weighted by atomic mass is 15.2. The van der Waals surface area contributed by atoms with Crippen molar-refractivity contribution in [3.8, 4) is 11.4 Å². The second-order valence-corrected chi connectivity index (χ2v) is 13.3. The number of hydrogen-bond acceptors (Lipinski definition) is 2. The third-order valence-corrected chi connectivity index (χ3v) is 10.8. The average molecular weight is 626 g/mol. The number of fused-ring (bicyclic) bond motifs is 13. The summed E-state index contributed by atoms with van der Waals surface area (Å²) in [4.78, 5) is 5.21. The van der Waals surface area contributed by atoms with E-state index in [-0.39, 0.29) is 6.04 Å². The molecule has 1 atom stereocenters. The first kappa shape index (κ1) is 25.5. The lowest BCUT2D eigenvalue weighted by atomic mass is 10.0. The van der Waals surface area contributed by atoms with Crippen molar-refractivity contribution in [1.29, 1.82) is 0 Å². The molecule has 0 spiro atoms. The monoisotopic (exact) mass is 625 g/mol. The van der Waals surface area contributed by atoms with Crippen LogP contribution in [0.15, 0.2) is 157 Å². The fourth-order valence-electron chi connectivity index (χ4n) is 8.75. The first-order chi connectivity index (χ1) is 24.3. The maximum absolute atomic E-state index is 5.21. The summed E-state index contributed by atoms with van der Waals surface area (Å²) >= 11 is 0. The Morgan fingerprint density at radius 3 is 1.86 bits per heavy atom. The van der Waals surface area contributed by atoms with Gasteiger partial charge < -0.3 is 14.5 Å². The number of nitrogens with one attached hydrogen (secondary N) is 1. The highest BCUT2D eigenvalue weighted by Crippen LogP contribution is 2.46. The fourth-order valence-corrected chi connectivity index (χ4v) is 8.75. The van der Waals surface area contributed by atoms with E-state index in [1.165, 1.54) is 71.0 Å². The standard InChI is InChI=1S/C44H27N5/c1-2-11-26(12-3-1)47-37-19-8-4-13-28(37)33-24-34-29-14-5-9-20-38(29)48(41(34)25-40(33)47)27-21-22-39-32(23-27)30-15-10-16-31-42-44(49(39)43(30)31)46-36-18-7-6-17-35(36)45-42/h1-25,42,45H. The Balaban J connectivity index is 1.16. The number of aliphatic imine (C=N–C) groups is 1. The molecule has 12 rings (SSSR count). The number of aromatic nitrogens is 3. The summed E-state index contributed by atoms with van der Waals surface area (Å²) in [5, 5.41) is 11.3. The third kappa shape index (κ3) is 3.22. The molecule has 0 fully saturated rings. The van der Waals surface area contributed by atoms with Crippen molar-refractivity contribution in [3.05, 3.63) is 157 Å². The van der Waals surface area contributed by atoms with Gasteiger partial charge in [-0.2, -0.15) is 0 Å². The van der Waals surface area contributed by atoms with Gasteiger partial charge in [-0.25, -0.2) is 4.99 Å². The van der Waals surface area contributed by atoms with Gasteiger partial charge in [-0.1, -0.05) is 84.9 Å². The summed E-state index contributed by atoms with van der Waals surface area (Å²) < 4.78 is 7.24. The first-order valence-corrected chi connectivity index (χ1v) is 16.9. The summed E-state index contributed by atoms with van der Waals surface area (Å²) in [5.41, 5.74) is 12.9. The van der Waals surface area contributed by atoms with Crippen molar-refractivity contribution in [2.75, 3.05) is 5.32 Å². The van der Waals surface area contributed by atoms with Gasteiger partial charge in [0, 0.05) is 49.3 Å². The van der Waals surface area contributed by atoms with Crippen LogP contribution in [0.5, 0.6) is 0 Å². The molecule has 2 aliphatic rings. The van der Waals surface area contributed by atoms with Crippen LogP contribution in [-0.2, 0) is 0 Å². The maximum atomic E-state index is 5.21. The average Bonchev–Trinajstić information content (AvgIpc) is 3.87. The molecule has 3 aromatic heterocycles. The molecule has 49 heavy (non-hydrogen) atoms. The van der Waals surface area contributed by atoms with Crippen molar-refractivity contribution >= 4 is 82.6 Å². The molecular formula is C44H27N5. The fraction of sp³-hybridized carbons (Fsp3) is 0.0227. The predicted octanol–water partition coefficient (Wildman–Crippen LogP) is 11.0. The third-order valence-electron chi connectivity index (χ3n) is 10.8. The Morgan fingerprint density at radius 2 is 1.06 bits per heavy atom. The molecule has 0 aliphatic carbocycles. The Kier molecular flexibility index (Phi) is 4.71. The summed E-state index contributed by atoms with van der Waals surface area (Å²) in [7, 11) is 0. The van der Waals surface area contributed by atoms with E-state index < -0.39 is 0 Å². The normalized spacial score (nSPS) is 15.0. The number of hydrogen-bond donors (Lipinski definition) is 1. The predicted molar refractivity (Wildman–Crippen MR) is 203 cm³/mol. The lowest BCUT2D eigenvalue weighted by Gasteiger charge is -2.23. The Bertz CT molecular complexity index is 3080. The largest absolute Gasteiger partial charge is 0.370 e. The van der Waals surface area contributed by atoms with Gasteiger partial charge in [0.05, 0.1) is 44.5 Å². The minimum absolute atomic E-state index is 0.0359. The Hall–Kier alpha value is -6.59. The zero-order valence-corrected chi connectivity index (χ0v) is 26.3. The van der Waals surface area contributed by atoms with Crippen LogP contribution in [0, 0.1) is 0 Å². The van der Waals surface area contributed by atoms with Crippen LogP contribution >= 0.6 is 0 Å². The SMILES string of the molecule is c1ccc(-n2c3ccccc3c3cc4c5ccccc5n(-c5ccc6c(c5)c5cccc7c5n6C5=Nc6ccccc6NC57)c4cc32)cc1. The lowest BCUT2D eigenvalue weighted by Crippen LogP contribution is -2.24. The summed E-state index contributed by atoms with van der Waals surface area (Å²) in [6.07, 6.45) is 0. The topological polar surface area (TPSA) is 39.2 Å². The minimum Gasteiger partial charge on any atom is -0.370 e. The molecule has 0 bridgehead atoms. The van der Waals surface area contributed by atoms with E-state index in [2.05, 4.69) is 171 Å². The van der Waals surface area contributed by atoms with E-state index in [1.54, 1.807) is 0 Å². The number of nitrogens with zero attached hydrogens (tertiary/aromatic N) is 4. The van der Waals surface area contributed by atoms with Gasteiger partial charge in [0.25, 0.3) is 0 Å². The molecule has 5 heteroatoms. The van der Waals surface area contributed by atoms with Crippen LogP contribution in [0.1, 0.15) is 11.6 Å². The van der Waals surface area contributed by atoms with Crippen LogP contribution in [-0.4, -0.2) is 19.5 Å². The van der Waals surface area contributed by atoms with E-state index in [0.717, 1.165) is 28.6 Å². The zero-order valence-electron chi connectivity index (χ0n) is 26.3. The van der Waals surface area contributed by atoms with Crippen molar-refractivity contribution < 1.29 is 0 Å². The molecule has 1 unspecified atom stereocenters. The molecule has 7 aromatic carbocycles. The quantitative estimate of drug-likeness (QED) is 0.204. The molecule has 2 aliphatic heterocycles. The molecule has 0 saturated heterocycles. The van der Waals surface area contributed by atoms with Gasteiger partial charge >= 0.3 is 0 Å². The van der Waals surface area contributed by atoms with Crippen molar-refractivity contribution in [1.82, 2.24) is 13.7 Å². The maximum Gasteiger partial charge on any atom is 0.141 e. The van der Waals surface area contributed by atoms with Crippen molar-refractivity contribution in [2.24, 2.45) is 4.99 Å². The molecule has 5 nitrogen and oxygen atoms in total. The molecule has 5 heterocycles. The summed E-state index contributed by atoms with van der Waals surface area (Å²) in [5.74, 6) is 1.04. The second kappa shape index (κ2) is 9.06. The van der Waals surface area contributed by atoms with Crippen molar-refractivity contribution in [3.63, 3.8) is 0 Å². The lowest BCUT2D eigenvalue weighted by molar-refractivity contribution is 1.02. The minimum atomic E-state index is 0.0359. The molecule has 0 radical (unpaired) electrons. The van der Waals surface area contributed by atoms with Gasteiger partial charge in [-0.05, 0) is 66.7 Å². The number of rotatable bonds is 2. The Labute approximate surface area is 280 Å². The molecule has 228 valence electrons. The van der Waals surface area contributed by atoms with E-state index in [9.17, 15) is 0 Å². The Morgan fingerprint density at radius 1 is 0.429 bits per heavy atom. The van der Waals surface area contributed by atoms with Gasteiger partial charge in [-0.3, -0.25) is 4.57 Å². The molecule has 0 saturated carbocycles. The number of benzene rings is 7. The number of anilines is 1. The molecular weight excluding hydrogens is 599 g/mol. The van der Waals surface area contributed by atoms with Gasteiger partial charge in [-0.15, -0.1) is 0 Å². The van der Waals surface area contributed by atoms with Crippen LogP contribution in [0.25, 0.3) is 76.8 Å². The van der Waals surface area contributed by atoms with Crippen LogP contribution in [0.4, 0.5) is 11.4 Å². The van der Waals surface area contributed by atoms with E-state index in [4.69, 9.17) is 4.99 Å². The van der Waals surface area contributed by atoms with Gasteiger partial charge in [0.2, 0.25) is 0 Å². The summed E-state index contributed by atoms with van der Waals surface area (Å²) in [6, 6.07) is 55.1. The van der Waals surface area contributed by atoms with Crippen LogP contribution in [0.3, 0.4) is 0 Å². The van der Waals surface area contributed by atoms with E-state index >= 15 is 0 Å². The molecule has 1 N–H and O–H groups in total. The first-order valence-electron chi connectivity index (χ1n) is 16.9. The van der Waals surface area contributed by atoms with Gasteiger partial charge in [0.15, 0.2) is 0 Å². The zero-order chi connectivity index (χ0) is 31.8. The van der Waals surface area contributed by atoms with E-state index in [1.807, 2.05) is 0 Å². The highest BCUT2D eigenvalue weighted by molar-refractivity contribution is 6.23. The summed E-state index contributed by atoms with van der Waals surface area (Å²) in [6.45, 7) is 0. The number of para-hydroxylation sites is 6. The van der Waals surface area contributed by atoms with Crippen molar-refractivity contribution in [2.45, 2.75) is 6.04 Å².